The van der Waals surface area contributed by atoms with Crippen molar-refractivity contribution in [1.82, 2.24) is 4.98 Å². The number of aromatic nitrogens is 1. The van der Waals surface area contributed by atoms with E-state index in [1.807, 2.05) is 24.3 Å². The van der Waals surface area contributed by atoms with Gasteiger partial charge >= 0.3 is 0 Å². The number of hydrogen-bond donors (Lipinski definition) is 1. The quantitative estimate of drug-likeness (QED) is 0.860. The minimum absolute atomic E-state index is 0.0857. The highest BCUT2D eigenvalue weighted by molar-refractivity contribution is 7.91. The molecule has 1 heterocycles. The number of pyridine rings is 1. The number of rotatable bonds is 5. The van der Waals surface area contributed by atoms with Crippen molar-refractivity contribution in [2.45, 2.75) is 44.4 Å². The maximum atomic E-state index is 12.1. The Morgan fingerprint density at radius 1 is 1.12 bits per heavy atom. The van der Waals surface area contributed by atoms with E-state index in [2.05, 4.69) is 11.1 Å². The summed E-state index contributed by atoms with van der Waals surface area (Å²) >= 11 is 0. The zero-order chi connectivity index (χ0) is 18.7. The van der Waals surface area contributed by atoms with Crippen molar-refractivity contribution < 1.29 is 8.42 Å². The van der Waals surface area contributed by atoms with E-state index in [1.165, 1.54) is 12.8 Å². The van der Waals surface area contributed by atoms with Gasteiger partial charge in [0.25, 0.3) is 5.56 Å². The first kappa shape index (κ1) is 18.6. The van der Waals surface area contributed by atoms with Crippen LogP contribution in [0.2, 0.25) is 0 Å². The van der Waals surface area contributed by atoms with Gasteiger partial charge in [-0.1, -0.05) is 44.0 Å². The Hall–Kier alpha value is -2.14. The summed E-state index contributed by atoms with van der Waals surface area (Å²) in [5, 5.41) is 0. The van der Waals surface area contributed by atoms with Crippen LogP contribution in [0.1, 0.15) is 49.4 Å². The smallest absolute Gasteiger partial charge is 0.251 e. The molecule has 1 aliphatic rings. The Kier molecular flexibility index (Phi) is 5.47. The van der Waals surface area contributed by atoms with Gasteiger partial charge in [-0.2, -0.15) is 0 Å². The van der Waals surface area contributed by atoms with Crippen molar-refractivity contribution in [1.29, 1.82) is 0 Å². The Labute approximate surface area is 154 Å². The van der Waals surface area contributed by atoms with Crippen LogP contribution in [-0.2, 0) is 9.84 Å². The van der Waals surface area contributed by atoms with Gasteiger partial charge in [-0.3, -0.25) is 4.79 Å². The molecule has 1 aromatic heterocycles. The highest BCUT2D eigenvalue weighted by Gasteiger charge is 2.17. The Morgan fingerprint density at radius 2 is 1.77 bits per heavy atom. The number of H-pyrrole nitrogens is 1. The van der Waals surface area contributed by atoms with Gasteiger partial charge in [0.2, 0.25) is 0 Å². The topological polar surface area (TPSA) is 67.0 Å². The lowest BCUT2D eigenvalue weighted by molar-refractivity contribution is 0.597. The lowest BCUT2D eigenvalue weighted by Gasteiger charge is -2.13. The van der Waals surface area contributed by atoms with Gasteiger partial charge in [0.05, 0.1) is 10.6 Å². The highest BCUT2D eigenvalue weighted by atomic mass is 32.2. The summed E-state index contributed by atoms with van der Waals surface area (Å²) in [5.74, 6) is 0.580. The number of nitrogens with one attached hydrogen (secondary N) is 1. The molecule has 138 valence electrons. The molecule has 4 nitrogen and oxygen atoms in total. The third-order valence-corrected chi connectivity index (χ3v) is 6.85. The molecule has 1 aromatic carbocycles. The molecule has 0 radical (unpaired) electrons. The number of sulfone groups is 1. The van der Waals surface area contributed by atoms with Gasteiger partial charge < -0.3 is 4.98 Å². The minimum atomic E-state index is -3.22. The molecule has 0 amide bonds. The molecule has 0 bridgehead atoms. The summed E-state index contributed by atoms with van der Waals surface area (Å²) in [4.78, 5) is 15.4. The predicted octanol–water partition coefficient (Wildman–Crippen LogP) is 4.10. The lowest BCUT2D eigenvalue weighted by Crippen LogP contribution is -2.11. The largest absolute Gasteiger partial charge is 0.322 e. The molecule has 1 N–H and O–H groups in total. The second-order valence-corrected chi connectivity index (χ2v) is 9.22. The molecule has 26 heavy (non-hydrogen) atoms. The van der Waals surface area contributed by atoms with Crippen molar-refractivity contribution in [3.05, 3.63) is 69.6 Å². The van der Waals surface area contributed by atoms with E-state index in [-0.39, 0.29) is 11.3 Å². The number of aromatic amines is 1. The molecule has 5 heteroatoms. The van der Waals surface area contributed by atoms with E-state index in [0.717, 1.165) is 29.7 Å². The van der Waals surface area contributed by atoms with Crippen LogP contribution in [0.5, 0.6) is 0 Å². The zero-order valence-electron chi connectivity index (χ0n) is 15.3. The van der Waals surface area contributed by atoms with Crippen LogP contribution >= 0.6 is 0 Å². The monoisotopic (exact) mass is 371 g/mol. The van der Waals surface area contributed by atoms with Gasteiger partial charge in [0.1, 0.15) is 0 Å². The Balaban J connectivity index is 2.05. The van der Waals surface area contributed by atoms with Gasteiger partial charge in [0, 0.05) is 16.8 Å². The van der Waals surface area contributed by atoms with Crippen LogP contribution in [0, 0.1) is 12.8 Å². The number of allylic oxidation sites excluding steroid dienone is 1. The molecular formula is C21H25NO3S. The molecule has 1 aliphatic carbocycles. The van der Waals surface area contributed by atoms with Gasteiger partial charge in [-0.05, 0) is 49.4 Å². The third kappa shape index (κ3) is 3.98. The summed E-state index contributed by atoms with van der Waals surface area (Å²) in [6.45, 7) is 3.43. The average Bonchev–Trinajstić information content (AvgIpc) is 3.15. The maximum Gasteiger partial charge on any atom is 0.251 e. The van der Waals surface area contributed by atoms with E-state index >= 15 is 0 Å². The molecule has 0 unspecified atom stereocenters. The summed E-state index contributed by atoms with van der Waals surface area (Å²) in [6.07, 6.45) is 7.00. The van der Waals surface area contributed by atoms with Crippen LogP contribution in [-0.4, -0.2) is 19.2 Å². The molecule has 3 rings (SSSR count). The van der Waals surface area contributed by atoms with Crippen molar-refractivity contribution in [3.8, 4) is 0 Å². The highest BCUT2D eigenvalue weighted by Crippen LogP contribution is 2.31. The Bertz CT molecular complexity index is 963. The first-order chi connectivity index (χ1) is 12.4. The molecule has 0 atom stereocenters. The molecule has 2 aromatic rings. The zero-order valence-corrected chi connectivity index (χ0v) is 16.1. The fraction of sp³-hybridized carbons (Fsp3) is 0.381. The van der Waals surface area contributed by atoms with Crippen molar-refractivity contribution >= 4 is 15.4 Å². The van der Waals surface area contributed by atoms with E-state index in [0.29, 0.717) is 16.4 Å². The number of aryl methyl sites for hydroxylation is 1. The van der Waals surface area contributed by atoms with E-state index in [4.69, 9.17) is 0 Å². The molecular weight excluding hydrogens is 346 g/mol. The number of benzene rings is 1. The van der Waals surface area contributed by atoms with E-state index in [1.54, 1.807) is 26.0 Å². The second kappa shape index (κ2) is 7.62. The average molecular weight is 372 g/mol. The van der Waals surface area contributed by atoms with Crippen LogP contribution < -0.4 is 5.56 Å². The summed E-state index contributed by atoms with van der Waals surface area (Å²) in [5.41, 5.74) is 3.25. The first-order valence-corrected chi connectivity index (χ1v) is 10.8. The Morgan fingerprint density at radius 3 is 2.35 bits per heavy atom. The molecule has 0 saturated heterocycles. The normalized spacial score (nSPS) is 16.2. The molecule has 1 saturated carbocycles. The summed E-state index contributed by atoms with van der Waals surface area (Å²) < 4.78 is 24.1. The first-order valence-electron chi connectivity index (χ1n) is 9.16. The van der Waals surface area contributed by atoms with Gasteiger partial charge in [-0.25, -0.2) is 8.42 Å². The fourth-order valence-corrected chi connectivity index (χ4v) is 4.30. The SMILES string of the molecule is CCS(=O)(=O)c1ccc(/C(=C\C2CCCC2)c2ccc(C)c(=O)[nH]2)cc1. The summed E-state index contributed by atoms with van der Waals surface area (Å²) in [7, 11) is -3.22. The minimum Gasteiger partial charge on any atom is -0.322 e. The van der Waals surface area contributed by atoms with Gasteiger partial charge in [-0.15, -0.1) is 0 Å². The maximum absolute atomic E-state index is 12.1. The van der Waals surface area contributed by atoms with E-state index in [9.17, 15) is 13.2 Å². The fourth-order valence-electron chi connectivity index (χ4n) is 3.41. The molecule has 0 aliphatic heterocycles. The third-order valence-electron chi connectivity index (χ3n) is 5.10. The van der Waals surface area contributed by atoms with Crippen molar-refractivity contribution in [3.63, 3.8) is 0 Å². The molecule has 1 fully saturated rings. The summed E-state index contributed by atoms with van der Waals surface area (Å²) in [6, 6.07) is 10.7. The van der Waals surface area contributed by atoms with Gasteiger partial charge in [0.15, 0.2) is 9.84 Å². The van der Waals surface area contributed by atoms with Crippen molar-refractivity contribution in [2.75, 3.05) is 5.75 Å². The van der Waals surface area contributed by atoms with Crippen molar-refractivity contribution in [2.24, 2.45) is 5.92 Å². The van der Waals surface area contributed by atoms with Crippen LogP contribution in [0.4, 0.5) is 0 Å². The standard InChI is InChI=1S/C21H25NO3S/c1-3-26(24,25)18-11-9-17(10-12-18)19(14-16-6-4-5-7-16)20-13-8-15(2)21(23)22-20/h8-14,16H,3-7H2,1-2H3,(H,22,23)/b19-14+. The lowest BCUT2D eigenvalue weighted by atomic mass is 9.96. The second-order valence-electron chi connectivity index (χ2n) is 6.94. The number of hydrogen-bond acceptors (Lipinski definition) is 3. The predicted molar refractivity (Wildman–Crippen MR) is 105 cm³/mol. The van der Waals surface area contributed by atoms with Crippen LogP contribution in [0.3, 0.4) is 0 Å². The molecule has 0 spiro atoms. The van der Waals surface area contributed by atoms with Crippen LogP contribution in [0.15, 0.2) is 52.2 Å². The van der Waals surface area contributed by atoms with E-state index < -0.39 is 9.84 Å². The van der Waals surface area contributed by atoms with Crippen LogP contribution in [0.25, 0.3) is 5.57 Å².